The van der Waals surface area contributed by atoms with Crippen molar-refractivity contribution < 1.29 is 19.1 Å². The van der Waals surface area contributed by atoms with E-state index in [2.05, 4.69) is 21.2 Å². The van der Waals surface area contributed by atoms with Crippen LogP contribution in [-0.4, -0.2) is 46.1 Å². The van der Waals surface area contributed by atoms with Crippen LogP contribution in [0.1, 0.15) is 48.0 Å². The molecule has 22 heavy (non-hydrogen) atoms. The average molecular weight is 398 g/mol. The average Bonchev–Trinajstić information content (AvgIpc) is 2.28. The Kier molecular flexibility index (Phi) is 9.46. The maximum atomic E-state index is 12.2. The predicted octanol–water partition coefficient (Wildman–Crippen LogP) is 3.74. The SMILES string of the molecule is CC(C)(C)OC(=O)N[C@@H](CCSCCBr)C(=O)OC(C)(C)C. The second-order valence-electron chi connectivity index (χ2n) is 6.82. The summed E-state index contributed by atoms with van der Waals surface area (Å²) in [6, 6.07) is -0.697. The number of alkyl halides is 1. The fourth-order valence-corrected chi connectivity index (χ4v) is 2.83. The molecule has 0 bridgehead atoms. The summed E-state index contributed by atoms with van der Waals surface area (Å²) in [5, 5.41) is 3.51. The van der Waals surface area contributed by atoms with Crippen LogP contribution >= 0.6 is 27.7 Å². The van der Waals surface area contributed by atoms with Gasteiger partial charge in [0.1, 0.15) is 17.2 Å². The summed E-state index contributed by atoms with van der Waals surface area (Å²) in [5.74, 6) is 1.27. The fourth-order valence-electron chi connectivity index (χ4n) is 1.43. The molecule has 130 valence electrons. The third kappa shape index (κ3) is 12.1. The van der Waals surface area contributed by atoms with Crippen molar-refractivity contribution in [3.8, 4) is 0 Å². The molecule has 0 saturated heterocycles. The van der Waals surface area contributed by atoms with Gasteiger partial charge in [0, 0.05) is 11.1 Å². The molecular formula is C15H28BrNO4S. The van der Waals surface area contributed by atoms with Crippen molar-refractivity contribution >= 4 is 39.8 Å². The van der Waals surface area contributed by atoms with Gasteiger partial charge in [-0.25, -0.2) is 9.59 Å². The van der Waals surface area contributed by atoms with E-state index in [1.807, 2.05) is 0 Å². The lowest BCUT2D eigenvalue weighted by molar-refractivity contribution is -0.157. The molecule has 7 heteroatoms. The number of carbonyl (C=O) groups excluding carboxylic acids is 2. The monoisotopic (exact) mass is 397 g/mol. The highest BCUT2D eigenvalue weighted by Gasteiger charge is 2.28. The summed E-state index contributed by atoms with van der Waals surface area (Å²) in [7, 11) is 0. The molecule has 1 atom stereocenters. The van der Waals surface area contributed by atoms with E-state index in [-0.39, 0.29) is 0 Å². The third-order valence-electron chi connectivity index (χ3n) is 2.15. The van der Waals surface area contributed by atoms with Gasteiger partial charge in [0.2, 0.25) is 0 Å². The number of carbonyl (C=O) groups is 2. The molecule has 0 fully saturated rings. The zero-order valence-electron chi connectivity index (χ0n) is 14.3. The number of esters is 1. The summed E-state index contributed by atoms with van der Waals surface area (Å²) >= 11 is 5.07. The molecule has 0 unspecified atom stereocenters. The van der Waals surface area contributed by atoms with Crippen LogP contribution < -0.4 is 5.32 Å². The molecule has 0 spiro atoms. The number of hydrogen-bond acceptors (Lipinski definition) is 5. The van der Waals surface area contributed by atoms with Crippen molar-refractivity contribution in [1.82, 2.24) is 5.32 Å². The van der Waals surface area contributed by atoms with Crippen LogP contribution in [0.15, 0.2) is 0 Å². The van der Waals surface area contributed by atoms with E-state index in [9.17, 15) is 9.59 Å². The number of ether oxygens (including phenoxy) is 2. The number of amides is 1. The molecule has 0 aromatic rings. The molecule has 0 aliphatic carbocycles. The largest absolute Gasteiger partial charge is 0.458 e. The highest BCUT2D eigenvalue weighted by molar-refractivity contribution is 9.09. The Morgan fingerprint density at radius 2 is 1.59 bits per heavy atom. The standard InChI is InChI=1S/C15H28BrNO4S/c1-14(2,3)20-12(18)11(7-9-22-10-8-16)17-13(19)21-15(4,5)6/h11H,7-10H2,1-6H3,(H,17,19)/t11-/m0/s1. The fraction of sp³-hybridized carbons (Fsp3) is 0.867. The van der Waals surface area contributed by atoms with Gasteiger partial charge in [-0.1, -0.05) is 15.9 Å². The molecule has 0 aromatic carbocycles. The van der Waals surface area contributed by atoms with Crippen molar-refractivity contribution in [2.45, 2.75) is 65.2 Å². The zero-order valence-corrected chi connectivity index (χ0v) is 16.7. The molecule has 0 heterocycles. The quantitative estimate of drug-likeness (QED) is 0.402. The smallest absolute Gasteiger partial charge is 0.408 e. The van der Waals surface area contributed by atoms with Gasteiger partial charge in [0.05, 0.1) is 0 Å². The lowest BCUT2D eigenvalue weighted by Gasteiger charge is -2.26. The minimum Gasteiger partial charge on any atom is -0.458 e. The zero-order chi connectivity index (χ0) is 17.4. The number of nitrogens with one attached hydrogen (secondary N) is 1. The first-order valence-electron chi connectivity index (χ1n) is 7.30. The minimum absolute atomic E-state index is 0.433. The highest BCUT2D eigenvalue weighted by atomic mass is 79.9. The Hall–Kier alpha value is -0.430. The number of halogens is 1. The molecule has 0 saturated carbocycles. The van der Waals surface area contributed by atoms with Gasteiger partial charge in [-0.3, -0.25) is 0 Å². The normalized spacial score (nSPS) is 13.4. The van der Waals surface area contributed by atoms with Crippen molar-refractivity contribution in [2.24, 2.45) is 0 Å². The van der Waals surface area contributed by atoms with E-state index in [0.29, 0.717) is 6.42 Å². The number of thioether (sulfide) groups is 1. The first-order chi connectivity index (χ1) is 9.94. The van der Waals surface area contributed by atoms with Crippen LogP contribution in [0.2, 0.25) is 0 Å². The Bertz CT molecular complexity index is 364. The van der Waals surface area contributed by atoms with Gasteiger partial charge in [0.25, 0.3) is 0 Å². The van der Waals surface area contributed by atoms with Gasteiger partial charge in [0.15, 0.2) is 0 Å². The van der Waals surface area contributed by atoms with E-state index in [1.165, 1.54) is 0 Å². The molecule has 1 N–H and O–H groups in total. The lowest BCUT2D eigenvalue weighted by atomic mass is 10.1. The predicted molar refractivity (Wildman–Crippen MR) is 94.7 cm³/mol. The molecule has 5 nitrogen and oxygen atoms in total. The Morgan fingerprint density at radius 3 is 2.05 bits per heavy atom. The Morgan fingerprint density at radius 1 is 1.05 bits per heavy atom. The summed E-state index contributed by atoms with van der Waals surface area (Å²) < 4.78 is 10.6. The second-order valence-corrected chi connectivity index (χ2v) is 8.84. The van der Waals surface area contributed by atoms with E-state index < -0.39 is 29.3 Å². The van der Waals surface area contributed by atoms with Gasteiger partial charge in [-0.2, -0.15) is 11.8 Å². The summed E-state index contributed by atoms with van der Waals surface area (Å²) in [6.07, 6.45) is -0.0971. The first-order valence-corrected chi connectivity index (χ1v) is 9.58. The van der Waals surface area contributed by atoms with Crippen LogP contribution in [0.3, 0.4) is 0 Å². The second kappa shape index (κ2) is 9.65. The Balaban J connectivity index is 4.64. The van der Waals surface area contributed by atoms with Crippen LogP contribution in [0.5, 0.6) is 0 Å². The van der Waals surface area contributed by atoms with Crippen LogP contribution in [0.4, 0.5) is 4.79 Å². The molecule has 1 amide bonds. The van der Waals surface area contributed by atoms with Crippen LogP contribution in [-0.2, 0) is 14.3 Å². The topological polar surface area (TPSA) is 64.6 Å². The van der Waals surface area contributed by atoms with E-state index in [1.54, 1.807) is 53.3 Å². The Labute approximate surface area is 146 Å². The van der Waals surface area contributed by atoms with Gasteiger partial charge in [-0.15, -0.1) is 0 Å². The maximum Gasteiger partial charge on any atom is 0.408 e. The summed E-state index contributed by atoms with van der Waals surface area (Å²) in [5.41, 5.74) is -1.19. The van der Waals surface area contributed by atoms with Crippen LogP contribution in [0, 0.1) is 0 Å². The lowest BCUT2D eigenvalue weighted by Crippen LogP contribution is -2.46. The van der Waals surface area contributed by atoms with E-state index >= 15 is 0 Å². The molecule has 0 rings (SSSR count). The minimum atomic E-state index is -0.697. The molecule has 0 aliphatic rings. The molecule has 0 aromatic heterocycles. The van der Waals surface area contributed by atoms with E-state index in [4.69, 9.17) is 9.47 Å². The molecule has 0 radical (unpaired) electrons. The number of rotatable bonds is 7. The van der Waals surface area contributed by atoms with Crippen molar-refractivity contribution in [3.63, 3.8) is 0 Å². The van der Waals surface area contributed by atoms with E-state index in [0.717, 1.165) is 16.8 Å². The summed E-state index contributed by atoms with van der Waals surface area (Å²) in [4.78, 5) is 24.1. The van der Waals surface area contributed by atoms with Gasteiger partial charge < -0.3 is 14.8 Å². The highest BCUT2D eigenvalue weighted by Crippen LogP contribution is 2.13. The van der Waals surface area contributed by atoms with Crippen molar-refractivity contribution in [1.29, 1.82) is 0 Å². The maximum absolute atomic E-state index is 12.2. The van der Waals surface area contributed by atoms with Gasteiger partial charge >= 0.3 is 12.1 Å². The van der Waals surface area contributed by atoms with Crippen molar-refractivity contribution in [2.75, 3.05) is 16.8 Å². The van der Waals surface area contributed by atoms with Gasteiger partial charge in [-0.05, 0) is 53.7 Å². The summed E-state index contributed by atoms with van der Waals surface area (Å²) in [6.45, 7) is 10.7. The van der Waals surface area contributed by atoms with Crippen molar-refractivity contribution in [3.05, 3.63) is 0 Å². The first kappa shape index (κ1) is 21.6. The molecular weight excluding hydrogens is 370 g/mol. The molecule has 0 aliphatic heterocycles. The number of hydrogen-bond donors (Lipinski definition) is 1. The van der Waals surface area contributed by atoms with Crippen LogP contribution in [0.25, 0.3) is 0 Å². The number of alkyl carbamates (subject to hydrolysis) is 1. The third-order valence-corrected chi connectivity index (χ3v) is 4.09.